The number of benzene rings is 2. The van der Waals surface area contributed by atoms with Crippen LogP contribution in [0.3, 0.4) is 0 Å². The molecule has 26 heavy (non-hydrogen) atoms. The third-order valence-electron chi connectivity index (χ3n) is 3.45. The molecule has 0 aliphatic carbocycles. The van der Waals surface area contributed by atoms with Crippen LogP contribution in [-0.4, -0.2) is 33.2 Å². The minimum absolute atomic E-state index is 0.129. The first-order valence-electron chi connectivity index (χ1n) is 7.68. The Bertz CT molecular complexity index is 931. The van der Waals surface area contributed by atoms with Crippen LogP contribution in [0.5, 0.6) is 5.75 Å². The Labute approximate surface area is 163 Å². The standard InChI is InChI=1S/C17H16BrN5O2S/c1-11(24)19-14-4-3-5-15(9-14)23-17(20-21-22-23)26-10-12-8-13(18)6-7-16(12)25-2/h3-9H,10H2,1-2H3,(H,19,24). The van der Waals surface area contributed by atoms with E-state index in [0.29, 0.717) is 16.6 Å². The molecule has 0 radical (unpaired) electrons. The maximum atomic E-state index is 11.2. The second kappa shape index (κ2) is 8.33. The molecule has 0 unspecified atom stereocenters. The number of halogens is 1. The Morgan fingerprint density at radius 1 is 1.31 bits per heavy atom. The van der Waals surface area contributed by atoms with Crippen molar-refractivity contribution < 1.29 is 9.53 Å². The van der Waals surface area contributed by atoms with E-state index in [0.717, 1.165) is 21.5 Å². The van der Waals surface area contributed by atoms with Crippen molar-refractivity contribution in [1.82, 2.24) is 20.2 Å². The van der Waals surface area contributed by atoms with Gasteiger partial charge >= 0.3 is 0 Å². The van der Waals surface area contributed by atoms with Gasteiger partial charge < -0.3 is 10.1 Å². The molecule has 0 saturated heterocycles. The third-order valence-corrected chi connectivity index (χ3v) is 4.91. The average Bonchev–Trinajstić information content (AvgIpc) is 3.08. The van der Waals surface area contributed by atoms with Crippen molar-refractivity contribution in [3.8, 4) is 11.4 Å². The van der Waals surface area contributed by atoms with Gasteiger partial charge in [-0.05, 0) is 46.8 Å². The first-order chi connectivity index (χ1) is 12.6. The molecule has 0 aliphatic heterocycles. The number of hydrogen-bond donors (Lipinski definition) is 1. The zero-order chi connectivity index (χ0) is 18.5. The highest BCUT2D eigenvalue weighted by atomic mass is 79.9. The van der Waals surface area contributed by atoms with E-state index in [1.807, 2.05) is 42.5 Å². The Balaban J connectivity index is 1.81. The Kier molecular flexibility index (Phi) is 5.89. The fourth-order valence-corrected chi connectivity index (χ4v) is 3.63. The molecule has 1 N–H and O–H groups in total. The lowest BCUT2D eigenvalue weighted by Crippen LogP contribution is -2.07. The highest BCUT2D eigenvalue weighted by Crippen LogP contribution is 2.30. The van der Waals surface area contributed by atoms with Gasteiger partial charge in [-0.2, -0.15) is 4.68 Å². The average molecular weight is 434 g/mol. The van der Waals surface area contributed by atoms with Gasteiger partial charge in [-0.1, -0.05) is 33.8 Å². The number of nitrogens with zero attached hydrogens (tertiary/aromatic N) is 4. The Hall–Kier alpha value is -2.39. The van der Waals surface area contributed by atoms with E-state index in [1.54, 1.807) is 11.8 Å². The molecule has 7 nitrogen and oxygen atoms in total. The predicted octanol–water partition coefficient (Wildman–Crippen LogP) is 3.68. The molecule has 134 valence electrons. The van der Waals surface area contributed by atoms with Crippen molar-refractivity contribution in [3.05, 3.63) is 52.5 Å². The van der Waals surface area contributed by atoms with E-state index in [4.69, 9.17) is 4.74 Å². The number of thioether (sulfide) groups is 1. The van der Waals surface area contributed by atoms with Gasteiger partial charge in [0.2, 0.25) is 11.1 Å². The molecular formula is C17H16BrN5O2S. The normalized spacial score (nSPS) is 10.6. The molecule has 2 aromatic carbocycles. The maximum absolute atomic E-state index is 11.2. The number of carbonyl (C=O) groups excluding carboxylic acids is 1. The molecule has 9 heteroatoms. The summed E-state index contributed by atoms with van der Waals surface area (Å²) in [5.41, 5.74) is 2.49. The van der Waals surface area contributed by atoms with Gasteiger partial charge in [0.15, 0.2) is 0 Å². The fourth-order valence-electron chi connectivity index (χ4n) is 2.35. The monoisotopic (exact) mass is 433 g/mol. The van der Waals surface area contributed by atoms with Gasteiger partial charge in [-0.25, -0.2) is 0 Å². The van der Waals surface area contributed by atoms with Crippen LogP contribution in [-0.2, 0) is 10.5 Å². The number of amides is 1. The van der Waals surface area contributed by atoms with Gasteiger partial charge in [-0.3, -0.25) is 4.79 Å². The summed E-state index contributed by atoms with van der Waals surface area (Å²) in [7, 11) is 1.65. The minimum Gasteiger partial charge on any atom is -0.496 e. The van der Waals surface area contributed by atoms with Crippen LogP contribution >= 0.6 is 27.7 Å². The second-order valence-electron chi connectivity index (χ2n) is 5.35. The highest BCUT2D eigenvalue weighted by molar-refractivity contribution is 9.10. The van der Waals surface area contributed by atoms with Gasteiger partial charge in [0.05, 0.1) is 12.8 Å². The highest BCUT2D eigenvalue weighted by Gasteiger charge is 2.12. The lowest BCUT2D eigenvalue weighted by Gasteiger charge is -2.09. The van der Waals surface area contributed by atoms with E-state index in [9.17, 15) is 4.79 Å². The van der Waals surface area contributed by atoms with Crippen LogP contribution in [0.1, 0.15) is 12.5 Å². The van der Waals surface area contributed by atoms with Gasteiger partial charge in [0, 0.05) is 28.4 Å². The van der Waals surface area contributed by atoms with Crippen LogP contribution in [0.4, 0.5) is 5.69 Å². The molecule has 0 spiro atoms. The maximum Gasteiger partial charge on any atom is 0.221 e. The lowest BCUT2D eigenvalue weighted by atomic mass is 10.2. The first kappa shape index (κ1) is 18.4. The summed E-state index contributed by atoms with van der Waals surface area (Å²) < 4.78 is 8.03. The number of rotatable bonds is 6. The van der Waals surface area contributed by atoms with Crippen LogP contribution in [0.25, 0.3) is 5.69 Å². The number of anilines is 1. The summed E-state index contributed by atoms with van der Waals surface area (Å²) in [4.78, 5) is 11.2. The molecule has 1 amide bonds. The van der Waals surface area contributed by atoms with Gasteiger partial charge in [0.1, 0.15) is 5.75 Å². The fraction of sp³-hybridized carbons (Fsp3) is 0.176. The van der Waals surface area contributed by atoms with Crippen molar-refractivity contribution >= 4 is 39.3 Å². The molecule has 0 aliphatic rings. The second-order valence-corrected chi connectivity index (χ2v) is 7.21. The van der Waals surface area contributed by atoms with Crippen molar-refractivity contribution in [2.45, 2.75) is 17.8 Å². The summed E-state index contributed by atoms with van der Waals surface area (Å²) in [6, 6.07) is 13.2. The molecule has 3 aromatic rings. The number of carbonyl (C=O) groups is 1. The Morgan fingerprint density at radius 2 is 2.15 bits per heavy atom. The number of nitrogens with one attached hydrogen (secondary N) is 1. The Morgan fingerprint density at radius 3 is 2.92 bits per heavy atom. The van der Waals surface area contributed by atoms with Crippen LogP contribution in [0.2, 0.25) is 0 Å². The number of methoxy groups -OCH3 is 1. The molecule has 1 heterocycles. The van der Waals surface area contributed by atoms with Crippen molar-refractivity contribution in [1.29, 1.82) is 0 Å². The van der Waals surface area contributed by atoms with Crippen molar-refractivity contribution in [3.63, 3.8) is 0 Å². The summed E-state index contributed by atoms with van der Waals surface area (Å²) in [5.74, 6) is 1.33. The largest absolute Gasteiger partial charge is 0.496 e. The van der Waals surface area contributed by atoms with Crippen molar-refractivity contribution in [2.75, 3.05) is 12.4 Å². The molecule has 3 rings (SSSR count). The zero-order valence-corrected chi connectivity index (χ0v) is 16.5. The molecule has 0 fully saturated rings. The van der Waals surface area contributed by atoms with Gasteiger partial charge in [0.25, 0.3) is 0 Å². The quantitative estimate of drug-likeness (QED) is 0.596. The minimum atomic E-state index is -0.129. The van der Waals surface area contributed by atoms with E-state index in [-0.39, 0.29) is 5.91 Å². The summed E-state index contributed by atoms with van der Waals surface area (Å²) in [6.45, 7) is 1.47. The molecular weight excluding hydrogens is 418 g/mol. The van der Waals surface area contributed by atoms with Crippen LogP contribution < -0.4 is 10.1 Å². The topological polar surface area (TPSA) is 81.9 Å². The number of aromatic nitrogens is 4. The molecule has 1 aromatic heterocycles. The SMILES string of the molecule is COc1ccc(Br)cc1CSc1nnnn1-c1cccc(NC(C)=O)c1. The zero-order valence-electron chi connectivity index (χ0n) is 14.1. The molecule has 0 atom stereocenters. The third kappa shape index (κ3) is 4.41. The van der Waals surface area contributed by atoms with E-state index in [1.165, 1.54) is 18.7 Å². The predicted molar refractivity (Wildman–Crippen MR) is 104 cm³/mol. The molecule has 0 bridgehead atoms. The van der Waals surface area contributed by atoms with E-state index < -0.39 is 0 Å². The van der Waals surface area contributed by atoms with E-state index in [2.05, 4.69) is 36.8 Å². The van der Waals surface area contributed by atoms with Crippen LogP contribution in [0.15, 0.2) is 52.1 Å². The summed E-state index contributed by atoms with van der Waals surface area (Å²) in [5, 5.41) is 15.3. The molecule has 0 saturated carbocycles. The summed E-state index contributed by atoms with van der Waals surface area (Å²) >= 11 is 4.98. The lowest BCUT2D eigenvalue weighted by molar-refractivity contribution is -0.114. The van der Waals surface area contributed by atoms with Crippen molar-refractivity contribution in [2.24, 2.45) is 0 Å². The number of tetrazole rings is 1. The van der Waals surface area contributed by atoms with E-state index >= 15 is 0 Å². The number of ether oxygens (including phenoxy) is 1. The summed E-state index contributed by atoms with van der Waals surface area (Å²) in [6.07, 6.45) is 0. The van der Waals surface area contributed by atoms with Gasteiger partial charge in [-0.15, -0.1) is 5.10 Å². The van der Waals surface area contributed by atoms with Crippen LogP contribution in [0, 0.1) is 0 Å². The number of hydrogen-bond acceptors (Lipinski definition) is 6. The smallest absolute Gasteiger partial charge is 0.221 e. The first-order valence-corrected chi connectivity index (χ1v) is 9.46.